The molecule has 2 rings (SSSR count). The Morgan fingerprint density at radius 3 is 2.74 bits per heavy atom. The zero-order chi connectivity index (χ0) is 13.5. The first-order chi connectivity index (χ1) is 9.24. The summed E-state index contributed by atoms with van der Waals surface area (Å²) in [5, 5.41) is 9.90. The first kappa shape index (κ1) is 13.9. The molecule has 0 saturated heterocycles. The largest absolute Gasteiger partial charge is 0.357 e. The predicted molar refractivity (Wildman–Crippen MR) is 85.3 cm³/mol. The maximum absolute atomic E-state index is 11.6. The van der Waals surface area contributed by atoms with Crippen molar-refractivity contribution in [2.75, 3.05) is 0 Å². The molecular weight excluding hydrogens is 296 g/mol. The van der Waals surface area contributed by atoms with Gasteiger partial charge in [-0.1, -0.05) is 12.1 Å². The minimum atomic E-state index is -0.225. The summed E-state index contributed by atoms with van der Waals surface area (Å²) in [6.07, 6.45) is 3.24. The molecule has 0 aliphatic heterocycles. The fourth-order valence-corrected chi connectivity index (χ4v) is 2.76. The molecule has 0 unspecified atom stereocenters. The molecule has 0 aromatic carbocycles. The summed E-state index contributed by atoms with van der Waals surface area (Å²) in [6, 6.07) is 7.88. The molecule has 2 aromatic rings. The Morgan fingerprint density at radius 2 is 2.05 bits per heavy atom. The number of rotatable bonds is 4. The van der Waals surface area contributed by atoms with Gasteiger partial charge in [0.2, 0.25) is 5.91 Å². The Labute approximate surface area is 125 Å². The van der Waals surface area contributed by atoms with Crippen molar-refractivity contribution in [1.82, 2.24) is 10.6 Å². The van der Waals surface area contributed by atoms with Crippen LogP contribution in [0.1, 0.15) is 9.75 Å². The van der Waals surface area contributed by atoms with Crippen LogP contribution in [0.3, 0.4) is 0 Å². The lowest BCUT2D eigenvalue weighted by Gasteiger charge is -2.06. The van der Waals surface area contributed by atoms with Gasteiger partial charge in [0.1, 0.15) is 0 Å². The van der Waals surface area contributed by atoms with Crippen LogP contribution in [0, 0.1) is 0 Å². The summed E-state index contributed by atoms with van der Waals surface area (Å²) in [5.74, 6) is -0.225. The first-order valence-electron chi connectivity index (χ1n) is 5.57. The third kappa shape index (κ3) is 4.94. The molecule has 3 nitrogen and oxygen atoms in total. The van der Waals surface area contributed by atoms with E-state index in [1.54, 1.807) is 28.7 Å². The van der Waals surface area contributed by atoms with Gasteiger partial charge in [0.25, 0.3) is 0 Å². The topological polar surface area (TPSA) is 41.1 Å². The predicted octanol–water partition coefficient (Wildman–Crippen LogP) is 3.01. The van der Waals surface area contributed by atoms with Crippen molar-refractivity contribution in [3.05, 3.63) is 50.9 Å². The van der Waals surface area contributed by atoms with E-state index >= 15 is 0 Å². The highest BCUT2D eigenvalue weighted by Crippen LogP contribution is 2.09. The van der Waals surface area contributed by atoms with Crippen molar-refractivity contribution in [3.8, 4) is 0 Å². The number of nitrogens with one attached hydrogen (secondary N) is 2. The summed E-state index contributed by atoms with van der Waals surface area (Å²) in [4.78, 5) is 13.8. The Bertz CT molecular complexity index is 559. The molecule has 0 aliphatic carbocycles. The highest BCUT2D eigenvalue weighted by atomic mass is 32.1. The van der Waals surface area contributed by atoms with Crippen LogP contribution >= 0.6 is 34.9 Å². The summed E-state index contributed by atoms with van der Waals surface area (Å²) in [7, 11) is 0. The molecule has 2 N–H and O–H groups in total. The summed E-state index contributed by atoms with van der Waals surface area (Å²) in [5.41, 5.74) is 0. The Balaban J connectivity index is 1.74. The van der Waals surface area contributed by atoms with E-state index in [1.807, 2.05) is 35.0 Å². The van der Waals surface area contributed by atoms with Crippen molar-refractivity contribution in [2.45, 2.75) is 6.54 Å². The maximum Gasteiger partial charge on any atom is 0.250 e. The van der Waals surface area contributed by atoms with Crippen molar-refractivity contribution >= 4 is 52.0 Å². The minimum Gasteiger partial charge on any atom is -0.357 e. The van der Waals surface area contributed by atoms with Crippen LogP contribution < -0.4 is 10.6 Å². The number of thiocarbonyl (C=S) groups is 1. The zero-order valence-electron chi connectivity index (χ0n) is 9.96. The number of carbonyl (C=O) groups excluding carboxylic acids is 1. The minimum absolute atomic E-state index is 0.225. The standard InChI is InChI=1S/C13H12N2OS3/c16-12(6-5-10-3-1-7-18-10)15-13(17)14-9-11-4-2-8-19-11/h1-8H,9H2,(H2,14,15,16,17). The van der Waals surface area contributed by atoms with Crippen LogP contribution in [0.15, 0.2) is 41.1 Å². The molecule has 0 spiro atoms. The van der Waals surface area contributed by atoms with E-state index in [0.29, 0.717) is 11.7 Å². The molecule has 1 amide bonds. The molecule has 2 aromatic heterocycles. The fraction of sp³-hybridized carbons (Fsp3) is 0.0769. The average molecular weight is 308 g/mol. The molecule has 0 radical (unpaired) electrons. The monoisotopic (exact) mass is 308 g/mol. The maximum atomic E-state index is 11.6. The van der Waals surface area contributed by atoms with Gasteiger partial charge in [0.15, 0.2) is 5.11 Å². The molecule has 0 aliphatic rings. The third-order valence-electron chi connectivity index (χ3n) is 2.18. The molecule has 2 heterocycles. The zero-order valence-corrected chi connectivity index (χ0v) is 12.4. The third-order valence-corrected chi connectivity index (χ3v) is 4.14. The van der Waals surface area contributed by atoms with E-state index in [0.717, 1.165) is 4.88 Å². The lowest BCUT2D eigenvalue weighted by molar-refractivity contribution is -0.115. The van der Waals surface area contributed by atoms with Gasteiger partial charge in [-0.3, -0.25) is 10.1 Å². The molecule has 0 bridgehead atoms. The van der Waals surface area contributed by atoms with Crippen molar-refractivity contribution in [3.63, 3.8) is 0 Å². The second-order valence-electron chi connectivity index (χ2n) is 3.60. The number of hydrogen-bond donors (Lipinski definition) is 2. The van der Waals surface area contributed by atoms with Gasteiger partial charge >= 0.3 is 0 Å². The van der Waals surface area contributed by atoms with Crippen LogP contribution in [0.4, 0.5) is 0 Å². The van der Waals surface area contributed by atoms with Gasteiger partial charge in [0.05, 0.1) is 6.54 Å². The van der Waals surface area contributed by atoms with Gasteiger partial charge in [-0.25, -0.2) is 0 Å². The quantitative estimate of drug-likeness (QED) is 0.674. The van der Waals surface area contributed by atoms with E-state index in [-0.39, 0.29) is 5.91 Å². The average Bonchev–Trinajstić information content (AvgIpc) is 3.07. The number of thiophene rings is 2. The van der Waals surface area contributed by atoms with E-state index in [4.69, 9.17) is 12.2 Å². The fourth-order valence-electron chi connectivity index (χ4n) is 1.32. The first-order valence-corrected chi connectivity index (χ1v) is 7.73. The lowest BCUT2D eigenvalue weighted by Crippen LogP contribution is -2.37. The van der Waals surface area contributed by atoms with E-state index in [9.17, 15) is 4.79 Å². The van der Waals surface area contributed by atoms with Gasteiger partial charge in [-0.15, -0.1) is 22.7 Å². The highest BCUT2D eigenvalue weighted by Gasteiger charge is 2.01. The summed E-state index contributed by atoms with van der Waals surface area (Å²) in [6.45, 7) is 0.630. The van der Waals surface area contributed by atoms with Crippen LogP contribution in [0.2, 0.25) is 0 Å². The van der Waals surface area contributed by atoms with Crippen LogP contribution in [0.25, 0.3) is 6.08 Å². The normalized spacial score (nSPS) is 10.5. The number of amides is 1. The highest BCUT2D eigenvalue weighted by molar-refractivity contribution is 7.80. The second kappa shape index (κ2) is 7.18. The molecule has 98 valence electrons. The molecule has 6 heteroatoms. The Kier molecular flexibility index (Phi) is 5.26. The van der Waals surface area contributed by atoms with Gasteiger partial charge in [-0.2, -0.15) is 0 Å². The molecule has 0 atom stereocenters. The number of hydrogen-bond acceptors (Lipinski definition) is 4. The number of carbonyl (C=O) groups is 1. The van der Waals surface area contributed by atoms with Gasteiger partial charge in [0, 0.05) is 15.8 Å². The summed E-state index contributed by atoms with van der Waals surface area (Å²) >= 11 is 8.27. The van der Waals surface area contributed by atoms with Gasteiger partial charge in [-0.05, 0) is 41.2 Å². The summed E-state index contributed by atoms with van der Waals surface area (Å²) < 4.78 is 0. The van der Waals surface area contributed by atoms with Crippen LogP contribution in [-0.4, -0.2) is 11.0 Å². The molecular formula is C13H12N2OS3. The SMILES string of the molecule is O=C(C=Cc1cccs1)NC(=S)NCc1cccs1. The van der Waals surface area contributed by atoms with Gasteiger partial charge < -0.3 is 5.32 Å². The van der Waals surface area contributed by atoms with Crippen molar-refractivity contribution < 1.29 is 4.79 Å². The molecule has 0 fully saturated rings. The van der Waals surface area contributed by atoms with E-state index < -0.39 is 0 Å². The van der Waals surface area contributed by atoms with E-state index in [1.165, 1.54) is 11.0 Å². The Hall–Kier alpha value is -1.50. The molecule has 0 saturated carbocycles. The second-order valence-corrected chi connectivity index (χ2v) is 6.02. The van der Waals surface area contributed by atoms with Crippen LogP contribution in [0.5, 0.6) is 0 Å². The Morgan fingerprint density at radius 1 is 1.26 bits per heavy atom. The van der Waals surface area contributed by atoms with Crippen molar-refractivity contribution in [2.24, 2.45) is 0 Å². The lowest BCUT2D eigenvalue weighted by atomic mass is 10.4. The smallest absolute Gasteiger partial charge is 0.250 e. The molecule has 19 heavy (non-hydrogen) atoms. The van der Waals surface area contributed by atoms with E-state index in [2.05, 4.69) is 10.6 Å². The van der Waals surface area contributed by atoms with Crippen LogP contribution in [-0.2, 0) is 11.3 Å². The van der Waals surface area contributed by atoms with Crippen molar-refractivity contribution in [1.29, 1.82) is 0 Å².